The van der Waals surface area contributed by atoms with Gasteiger partial charge in [0.25, 0.3) is 0 Å². The van der Waals surface area contributed by atoms with Crippen LogP contribution in [0, 0.1) is 5.82 Å². The lowest BCUT2D eigenvalue weighted by molar-refractivity contribution is -0.0301. The summed E-state index contributed by atoms with van der Waals surface area (Å²) in [5.74, 6) is 0.573. The Morgan fingerprint density at radius 2 is 1.67 bits per heavy atom. The van der Waals surface area contributed by atoms with Crippen LogP contribution in [0.5, 0.6) is 5.75 Å². The van der Waals surface area contributed by atoms with Crippen LogP contribution in [0.3, 0.4) is 0 Å². The zero-order chi connectivity index (χ0) is 15.1. The Balaban J connectivity index is 1.92. The SMILES string of the molecule is CC(CI)(OCCOc1ccccc1)c1ccccc1F. The summed E-state index contributed by atoms with van der Waals surface area (Å²) in [6, 6.07) is 16.3. The highest BCUT2D eigenvalue weighted by atomic mass is 127. The third kappa shape index (κ3) is 4.41. The molecule has 21 heavy (non-hydrogen) atoms. The maximum Gasteiger partial charge on any atom is 0.129 e. The molecule has 0 fully saturated rings. The Hall–Kier alpha value is -1.14. The number of hydrogen-bond donors (Lipinski definition) is 0. The minimum absolute atomic E-state index is 0.236. The third-order valence-corrected chi connectivity index (χ3v) is 4.67. The van der Waals surface area contributed by atoms with Crippen molar-refractivity contribution in [1.82, 2.24) is 0 Å². The third-order valence-electron chi connectivity index (χ3n) is 3.21. The highest BCUT2D eigenvalue weighted by molar-refractivity contribution is 14.1. The van der Waals surface area contributed by atoms with Gasteiger partial charge in [0.05, 0.1) is 6.61 Å². The molecule has 2 rings (SSSR count). The van der Waals surface area contributed by atoms with Crippen molar-refractivity contribution < 1.29 is 13.9 Å². The fourth-order valence-electron chi connectivity index (χ4n) is 2.02. The Morgan fingerprint density at radius 1 is 1.00 bits per heavy atom. The van der Waals surface area contributed by atoms with Crippen LogP contribution in [0.1, 0.15) is 12.5 Å². The van der Waals surface area contributed by atoms with Gasteiger partial charge in [0.1, 0.15) is 23.8 Å². The van der Waals surface area contributed by atoms with Gasteiger partial charge in [-0.25, -0.2) is 4.39 Å². The van der Waals surface area contributed by atoms with Crippen LogP contribution in [-0.4, -0.2) is 17.6 Å². The maximum atomic E-state index is 13.9. The second-order valence-corrected chi connectivity index (χ2v) is 5.62. The number of benzene rings is 2. The van der Waals surface area contributed by atoms with E-state index < -0.39 is 5.60 Å². The number of rotatable bonds is 7. The first-order valence-corrected chi connectivity index (χ1v) is 8.31. The summed E-state index contributed by atoms with van der Waals surface area (Å²) in [4.78, 5) is 0. The topological polar surface area (TPSA) is 18.5 Å². The van der Waals surface area contributed by atoms with E-state index in [1.165, 1.54) is 6.07 Å². The minimum Gasteiger partial charge on any atom is -0.491 e. The fraction of sp³-hybridized carbons (Fsp3) is 0.294. The summed E-state index contributed by atoms with van der Waals surface area (Å²) < 4.78 is 26.1. The molecule has 1 atom stereocenters. The van der Waals surface area contributed by atoms with Gasteiger partial charge in [-0.05, 0) is 25.1 Å². The second kappa shape index (κ2) is 7.75. The van der Waals surface area contributed by atoms with Gasteiger partial charge in [-0.2, -0.15) is 0 Å². The van der Waals surface area contributed by atoms with Crippen LogP contribution in [0.2, 0.25) is 0 Å². The number of hydrogen-bond acceptors (Lipinski definition) is 2. The van der Waals surface area contributed by atoms with Gasteiger partial charge in [0.15, 0.2) is 0 Å². The van der Waals surface area contributed by atoms with E-state index in [1.807, 2.05) is 43.3 Å². The van der Waals surface area contributed by atoms with Crippen LogP contribution in [0.4, 0.5) is 4.39 Å². The van der Waals surface area contributed by atoms with Gasteiger partial charge >= 0.3 is 0 Å². The smallest absolute Gasteiger partial charge is 0.129 e. The van der Waals surface area contributed by atoms with E-state index in [0.717, 1.165) is 5.75 Å². The lowest BCUT2D eigenvalue weighted by Crippen LogP contribution is -2.31. The number of alkyl halides is 1. The lowest BCUT2D eigenvalue weighted by Gasteiger charge is -2.28. The molecule has 2 aromatic carbocycles. The molecular weight excluding hydrogens is 382 g/mol. The molecule has 112 valence electrons. The van der Waals surface area contributed by atoms with Gasteiger partial charge in [0, 0.05) is 9.99 Å². The summed E-state index contributed by atoms with van der Waals surface area (Å²) in [7, 11) is 0. The maximum absolute atomic E-state index is 13.9. The molecule has 0 N–H and O–H groups in total. The molecule has 0 amide bonds. The number of para-hydroxylation sites is 1. The Kier molecular flexibility index (Phi) is 5.99. The van der Waals surface area contributed by atoms with E-state index >= 15 is 0 Å². The van der Waals surface area contributed by atoms with Crippen molar-refractivity contribution in [2.75, 3.05) is 17.6 Å². The summed E-state index contributed by atoms with van der Waals surface area (Å²) in [6.45, 7) is 2.74. The summed E-state index contributed by atoms with van der Waals surface area (Å²) in [5, 5.41) is 0. The highest BCUT2D eigenvalue weighted by Crippen LogP contribution is 2.29. The molecule has 0 saturated heterocycles. The predicted octanol–water partition coefficient (Wildman–Crippen LogP) is 4.57. The molecule has 4 heteroatoms. The Morgan fingerprint density at radius 3 is 2.33 bits per heavy atom. The molecule has 0 aliphatic heterocycles. The van der Waals surface area contributed by atoms with Gasteiger partial charge in [-0.1, -0.05) is 59.0 Å². The van der Waals surface area contributed by atoms with E-state index in [0.29, 0.717) is 23.2 Å². The second-order valence-electron chi connectivity index (χ2n) is 4.85. The van der Waals surface area contributed by atoms with Crippen LogP contribution in [-0.2, 0) is 10.3 Å². The summed E-state index contributed by atoms with van der Waals surface area (Å²) >= 11 is 2.22. The molecule has 0 radical (unpaired) electrons. The molecule has 0 aromatic heterocycles. The summed E-state index contributed by atoms with van der Waals surface area (Å²) in [6.07, 6.45) is 0. The Labute approximate surface area is 138 Å². The van der Waals surface area contributed by atoms with Crippen molar-refractivity contribution in [2.45, 2.75) is 12.5 Å². The summed E-state index contributed by atoms with van der Waals surface area (Å²) in [5.41, 5.74) is -0.0644. The van der Waals surface area contributed by atoms with E-state index in [2.05, 4.69) is 22.6 Å². The van der Waals surface area contributed by atoms with Crippen LogP contribution in [0.15, 0.2) is 54.6 Å². The first-order valence-electron chi connectivity index (χ1n) is 6.78. The molecule has 1 unspecified atom stereocenters. The van der Waals surface area contributed by atoms with E-state index in [1.54, 1.807) is 12.1 Å². The lowest BCUT2D eigenvalue weighted by atomic mass is 9.97. The number of halogens is 2. The number of ether oxygens (including phenoxy) is 2. The largest absolute Gasteiger partial charge is 0.491 e. The molecular formula is C17H18FIO2. The van der Waals surface area contributed by atoms with Crippen molar-refractivity contribution in [2.24, 2.45) is 0 Å². The van der Waals surface area contributed by atoms with E-state index in [4.69, 9.17) is 9.47 Å². The van der Waals surface area contributed by atoms with Crippen molar-refractivity contribution in [3.8, 4) is 5.75 Å². The van der Waals surface area contributed by atoms with E-state index in [-0.39, 0.29) is 5.82 Å². The van der Waals surface area contributed by atoms with Gasteiger partial charge in [0.2, 0.25) is 0 Å². The van der Waals surface area contributed by atoms with Gasteiger partial charge in [-0.15, -0.1) is 0 Å². The molecule has 2 nitrogen and oxygen atoms in total. The van der Waals surface area contributed by atoms with Crippen LogP contribution >= 0.6 is 22.6 Å². The first-order chi connectivity index (χ1) is 10.2. The van der Waals surface area contributed by atoms with Crippen LogP contribution in [0.25, 0.3) is 0 Å². The molecule has 0 bridgehead atoms. The van der Waals surface area contributed by atoms with Gasteiger partial charge in [-0.3, -0.25) is 0 Å². The van der Waals surface area contributed by atoms with Gasteiger partial charge < -0.3 is 9.47 Å². The first kappa shape index (κ1) is 16.2. The van der Waals surface area contributed by atoms with Crippen molar-refractivity contribution >= 4 is 22.6 Å². The fourth-order valence-corrected chi connectivity index (χ4v) is 2.65. The standard InChI is InChI=1S/C17H18FIO2/c1-17(13-19,15-9-5-6-10-16(15)18)21-12-11-20-14-7-3-2-4-8-14/h2-10H,11-13H2,1H3. The minimum atomic E-state index is -0.647. The normalized spacial score (nSPS) is 13.7. The highest BCUT2D eigenvalue weighted by Gasteiger charge is 2.29. The quantitative estimate of drug-likeness (QED) is 0.385. The Bertz CT molecular complexity index is 562. The van der Waals surface area contributed by atoms with Crippen molar-refractivity contribution in [1.29, 1.82) is 0 Å². The zero-order valence-corrected chi connectivity index (χ0v) is 14.0. The molecule has 0 aliphatic rings. The predicted molar refractivity (Wildman–Crippen MR) is 90.5 cm³/mol. The molecule has 0 saturated carbocycles. The average molecular weight is 400 g/mol. The zero-order valence-electron chi connectivity index (χ0n) is 11.9. The van der Waals surface area contributed by atoms with E-state index in [9.17, 15) is 4.39 Å². The van der Waals surface area contributed by atoms with Crippen molar-refractivity contribution in [3.63, 3.8) is 0 Å². The van der Waals surface area contributed by atoms with Crippen molar-refractivity contribution in [3.05, 3.63) is 66.0 Å². The molecule has 0 heterocycles. The average Bonchev–Trinajstić information content (AvgIpc) is 2.53. The monoisotopic (exact) mass is 400 g/mol. The van der Waals surface area contributed by atoms with Crippen LogP contribution < -0.4 is 4.74 Å². The molecule has 2 aromatic rings. The molecule has 0 aliphatic carbocycles. The molecule has 0 spiro atoms.